The number of aromatic nitrogens is 2. The lowest BCUT2D eigenvalue weighted by molar-refractivity contribution is 0.228. The van der Waals surface area contributed by atoms with Crippen molar-refractivity contribution in [3.05, 3.63) is 70.1 Å². The second-order valence-electron chi connectivity index (χ2n) is 7.68. The average Bonchev–Trinajstić information content (AvgIpc) is 3.15. The summed E-state index contributed by atoms with van der Waals surface area (Å²) in [5.74, 6) is 0.714. The number of anilines is 1. The van der Waals surface area contributed by atoms with E-state index in [-0.39, 0.29) is 11.9 Å². The van der Waals surface area contributed by atoms with Crippen molar-refractivity contribution in [3.63, 3.8) is 0 Å². The molecule has 2 aromatic heterocycles. The fourth-order valence-corrected chi connectivity index (χ4v) is 4.45. The number of nitrogens with two attached hydrogens (primary N) is 1. The molecule has 8 heteroatoms. The van der Waals surface area contributed by atoms with Crippen LogP contribution in [0.5, 0.6) is 5.75 Å². The lowest BCUT2D eigenvalue weighted by Crippen LogP contribution is -2.24. The van der Waals surface area contributed by atoms with E-state index in [0.29, 0.717) is 40.7 Å². The fourth-order valence-electron chi connectivity index (χ4n) is 3.75. The van der Waals surface area contributed by atoms with Crippen molar-refractivity contribution in [3.8, 4) is 16.9 Å². The molecular formula is C23H23Cl2FN4O. The van der Waals surface area contributed by atoms with Gasteiger partial charge in [-0.2, -0.15) is 0 Å². The van der Waals surface area contributed by atoms with Crippen molar-refractivity contribution in [2.24, 2.45) is 0 Å². The summed E-state index contributed by atoms with van der Waals surface area (Å²) in [6.45, 7) is 2.27. The third-order valence-corrected chi connectivity index (χ3v) is 6.03. The number of ether oxygens (including phenoxy) is 1. The minimum absolute atomic E-state index is 0.129. The van der Waals surface area contributed by atoms with Crippen molar-refractivity contribution in [2.75, 3.05) is 12.3 Å². The number of hydrogen-bond donors (Lipinski definition) is 2. The Morgan fingerprint density at radius 3 is 2.55 bits per heavy atom. The highest BCUT2D eigenvalue weighted by molar-refractivity contribution is 6.36. The first kappa shape index (κ1) is 21.8. The summed E-state index contributed by atoms with van der Waals surface area (Å²) < 4.78 is 19.4. The zero-order valence-electron chi connectivity index (χ0n) is 17.0. The first-order valence-corrected chi connectivity index (χ1v) is 10.8. The van der Waals surface area contributed by atoms with E-state index in [2.05, 4.69) is 15.3 Å². The smallest absolute Gasteiger partial charge is 0.166 e. The van der Waals surface area contributed by atoms with Gasteiger partial charge in [-0.1, -0.05) is 35.3 Å². The highest BCUT2D eigenvalue weighted by atomic mass is 35.5. The van der Waals surface area contributed by atoms with E-state index in [9.17, 15) is 4.39 Å². The third-order valence-electron chi connectivity index (χ3n) is 5.37. The van der Waals surface area contributed by atoms with E-state index in [1.165, 1.54) is 0 Å². The molecule has 0 radical (unpaired) electrons. The van der Waals surface area contributed by atoms with Crippen molar-refractivity contribution in [1.29, 1.82) is 0 Å². The molecule has 3 atom stereocenters. The zero-order valence-corrected chi connectivity index (χ0v) is 18.5. The first-order chi connectivity index (χ1) is 14.9. The van der Waals surface area contributed by atoms with E-state index >= 15 is 0 Å². The van der Waals surface area contributed by atoms with Gasteiger partial charge in [0.25, 0.3) is 0 Å². The summed E-state index contributed by atoms with van der Waals surface area (Å²) in [7, 11) is 0. The molecule has 3 N–H and O–H groups in total. The van der Waals surface area contributed by atoms with Crippen molar-refractivity contribution >= 4 is 29.0 Å². The minimum atomic E-state index is -0.772. The molecule has 31 heavy (non-hydrogen) atoms. The number of halogens is 3. The number of alkyl halides is 1. The van der Waals surface area contributed by atoms with Crippen LogP contribution in [0.25, 0.3) is 11.1 Å². The van der Waals surface area contributed by atoms with Crippen LogP contribution in [0, 0.1) is 0 Å². The number of hydrogen-bond acceptors (Lipinski definition) is 5. The van der Waals surface area contributed by atoms with Gasteiger partial charge in [-0.3, -0.25) is 4.98 Å². The molecule has 1 saturated heterocycles. The number of rotatable bonds is 6. The van der Waals surface area contributed by atoms with Crippen molar-refractivity contribution in [1.82, 2.24) is 15.3 Å². The van der Waals surface area contributed by atoms with Crippen LogP contribution in [0.4, 0.5) is 10.2 Å². The Bertz CT molecular complexity index is 1040. The van der Waals surface area contributed by atoms with Gasteiger partial charge in [-0.05, 0) is 37.6 Å². The number of benzene rings is 1. The molecule has 1 aliphatic rings. The molecule has 5 nitrogen and oxygen atoms in total. The van der Waals surface area contributed by atoms with Gasteiger partial charge in [0.05, 0.1) is 0 Å². The van der Waals surface area contributed by atoms with Gasteiger partial charge in [-0.15, -0.1) is 0 Å². The molecule has 162 valence electrons. The standard InChI is InChI=1S/C23H23Cl2FN4O/c1-13(22-19(24)3-2-4-20(22)25)31-21-7-15(11-30-23(21)27)14-5-6-17(28-10-14)9-18-8-16(26)12-29-18/h2-7,10-11,13,16,18,29H,8-9,12H2,1H3,(H2,27,30). The second kappa shape index (κ2) is 9.39. The molecule has 3 aromatic rings. The number of pyridine rings is 2. The van der Waals surface area contributed by atoms with E-state index in [4.69, 9.17) is 33.7 Å². The Morgan fingerprint density at radius 2 is 1.90 bits per heavy atom. The molecule has 0 bridgehead atoms. The lowest BCUT2D eigenvalue weighted by atomic mass is 10.1. The maximum absolute atomic E-state index is 13.3. The average molecular weight is 461 g/mol. The van der Waals surface area contributed by atoms with Crippen LogP contribution in [0.3, 0.4) is 0 Å². The predicted molar refractivity (Wildman–Crippen MR) is 122 cm³/mol. The Balaban J connectivity index is 1.51. The van der Waals surface area contributed by atoms with Gasteiger partial charge in [0, 0.05) is 63.8 Å². The topological polar surface area (TPSA) is 73.1 Å². The second-order valence-corrected chi connectivity index (χ2v) is 8.50. The normalized spacial score (nSPS) is 19.4. The third kappa shape index (κ3) is 5.09. The highest BCUT2D eigenvalue weighted by Crippen LogP contribution is 2.35. The Morgan fingerprint density at radius 1 is 1.16 bits per heavy atom. The summed E-state index contributed by atoms with van der Waals surface area (Å²) in [5, 5.41) is 4.23. The molecular weight excluding hydrogens is 438 g/mol. The molecule has 1 aliphatic heterocycles. The molecule has 0 saturated carbocycles. The molecule has 3 heterocycles. The van der Waals surface area contributed by atoms with Crippen LogP contribution in [0.1, 0.15) is 30.7 Å². The summed E-state index contributed by atoms with van der Waals surface area (Å²) in [6, 6.07) is 11.2. The maximum atomic E-state index is 13.3. The molecule has 1 aromatic carbocycles. The van der Waals surface area contributed by atoms with E-state index in [1.54, 1.807) is 30.6 Å². The lowest BCUT2D eigenvalue weighted by Gasteiger charge is -2.19. The summed E-state index contributed by atoms with van der Waals surface area (Å²) >= 11 is 12.6. The zero-order chi connectivity index (χ0) is 22.0. The predicted octanol–water partition coefficient (Wildman–Crippen LogP) is 5.42. The maximum Gasteiger partial charge on any atom is 0.166 e. The van der Waals surface area contributed by atoms with E-state index in [1.807, 2.05) is 25.1 Å². The van der Waals surface area contributed by atoms with Gasteiger partial charge >= 0.3 is 0 Å². The fraction of sp³-hybridized carbons (Fsp3) is 0.304. The van der Waals surface area contributed by atoms with Crippen LogP contribution in [-0.2, 0) is 6.42 Å². The number of nitrogen functional groups attached to an aromatic ring is 1. The van der Waals surface area contributed by atoms with Gasteiger partial charge in [0.2, 0.25) is 0 Å². The summed E-state index contributed by atoms with van der Waals surface area (Å²) in [4.78, 5) is 8.80. The van der Waals surface area contributed by atoms with Crippen LogP contribution >= 0.6 is 23.2 Å². The van der Waals surface area contributed by atoms with Crippen LogP contribution in [-0.4, -0.2) is 28.7 Å². The number of nitrogens with one attached hydrogen (secondary N) is 1. The molecule has 1 fully saturated rings. The minimum Gasteiger partial charge on any atom is -0.482 e. The Hall–Kier alpha value is -2.41. The quantitative estimate of drug-likeness (QED) is 0.513. The molecule has 0 amide bonds. The van der Waals surface area contributed by atoms with Gasteiger partial charge < -0.3 is 15.8 Å². The highest BCUT2D eigenvalue weighted by Gasteiger charge is 2.24. The van der Waals surface area contributed by atoms with Crippen molar-refractivity contribution < 1.29 is 9.13 Å². The monoisotopic (exact) mass is 460 g/mol. The van der Waals surface area contributed by atoms with Gasteiger partial charge in [-0.25, -0.2) is 9.37 Å². The van der Waals surface area contributed by atoms with E-state index < -0.39 is 12.3 Å². The Kier molecular flexibility index (Phi) is 6.60. The van der Waals surface area contributed by atoms with Crippen LogP contribution in [0.2, 0.25) is 10.0 Å². The van der Waals surface area contributed by atoms with Crippen LogP contribution in [0.15, 0.2) is 48.8 Å². The molecule has 0 spiro atoms. The molecule has 3 unspecified atom stereocenters. The summed E-state index contributed by atoms with van der Waals surface area (Å²) in [6.07, 6.45) is 3.50. The van der Waals surface area contributed by atoms with Gasteiger partial charge in [0.15, 0.2) is 11.6 Å². The van der Waals surface area contributed by atoms with Crippen LogP contribution < -0.4 is 15.8 Å². The number of nitrogens with zero attached hydrogens (tertiary/aromatic N) is 2. The largest absolute Gasteiger partial charge is 0.482 e. The Labute approximate surface area is 190 Å². The van der Waals surface area contributed by atoms with E-state index in [0.717, 1.165) is 16.8 Å². The first-order valence-electron chi connectivity index (χ1n) is 10.1. The SMILES string of the molecule is CC(Oc1cc(-c2ccc(CC3CC(F)CN3)nc2)cnc1N)c1c(Cl)cccc1Cl. The molecule has 4 rings (SSSR count). The van der Waals surface area contributed by atoms with Gasteiger partial charge in [0.1, 0.15) is 12.3 Å². The van der Waals surface area contributed by atoms with Crippen molar-refractivity contribution in [2.45, 2.75) is 38.1 Å². The molecule has 0 aliphatic carbocycles. The summed E-state index contributed by atoms with van der Waals surface area (Å²) in [5.41, 5.74) is 9.35.